The number of carbonyl (C=O) groups is 1. The fraction of sp³-hybridized carbons (Fsp3) is 0.286. The Hall–Kier alpha value is -2.90. The van der Waals surface area contributed by atoms with Gasteiger partial charge < -0.3 is 9.84 Å². The normalized spacial score (nSPS) is 17.5. The van der Waals surface area contributed by atoms with Crippen LogP contribution in [0.3, 0.4) is 0 Å². The molecule has 1 aliphatic heterocycles. The van der Waals surface area contributed by atoms with E-state index >= 15 is 0 Å². The van der Waals surface area contributed by atoms with E-state index < -0.39 is 17.0 Å². The van der Waals surface area contributed by atoms with Gasteiger partial charge in [-0.3, -0.25) is 15.5 Å². The van der Waals surface area contributed by atoms with Crippen molar-refractivity contribution in [1.82, 2.24) is 5.43 Å². The van der Waals surface area contributed by atoms with Crippen LogP contribution in [-0.4, -0.2) is 21.9 Å². The van der Waals surface area contributed by atoms with Crippen LogP contribution < -0.4 is 5.43 Å². The molecule has 0 aliphatic carbocycles. The average molecular weight is 305 g/mol. The van der Waals surface area contributed by atoms with E-state index in [1.165, 1.54) is 12.1 Å². The monoisotopic (exact) mass is 305 g/mol. The van der Waals surface area contributed by atoms with Crippen molar-refractivity contribution in [2.75, 3.05) is 0 Å². The summed E-state index contributed by atoms with van der Waals surface area (Å²) in [4.78, 5) is 21.4. The minimum absolute atomic E-state index is 0.0705. The molecule has 0 saturated carbocycles. The number of carboxylic acid groups (broad SMARTS) is 1. The molecule has 1 aliphatic rings. The number of hydrazone groups is 1. The van der Waals surface area contributed by atoms with Crippen molar-refractivity contribution in [1.29, 1.82) is 0 Å². The molecule has 0 amide bonds. The Bertz CT molecular complexity index is 681. The molecule has 8 nitrogen and oxygen atoms in total. The van der Waals surface area contributed by atoms with E-state index in [4.69, 9.17) is 9.84 Å². The number of ether oxygens (including phenoxy) is 1. The van der Waals surface area contributed by atoms with Gasteiger partial charge in [0.2, 0.25) is 0 Å². The molecule has 2 rings (SSSR count). The molecule has 1 aromatic carbocycles. The maximum absolute atomic E-state index is 10.9. The van der Waals surface area contributed by atoms with Gasteiger partial charge in [0.05, 0.1) is 22.2 Å². The van der Waals surface area contributed by atoms with Gasteiger partial charge in [-0.1, -0.05) is 19.1 Å². The van der Waals surface area contributed by atoms with E-state index in [1.54, 1.807) is 19.1 Å². The van der Waals surface area contributed by atoms with Gasteiger partial charge in [-0.25, -0.2) is 4.79 Å². The smallest absolute Gasteiger partial charge is 0.449 e. The molecule has 22 heavy (non-hydrogen) atoms. The van der Waals surface area contributed by atoms with Gasteiger partial charge in [0.15, 0.2) is 0 Å². The maximum Gasteiger partial charge on any atom is 0.511 e. The van der Waals surface area contributed by atoms with Crippen LogP contribution in [0, 0.1) is 10.1 Å². The molecular weight excluding hydrogens is 290 g/mol. The zero-order valence-electron chi connectivity index (χ0n) is 12.1. The van der Waals surface area contributed by atoms with E-state index in [1.807, 2.05) is 6.92 Å². The number of rotatable bonds is 4. The summed E-state index contributed by atoms with van der Waals surface area (Å²) in [6, 6.07) is 6.02. The summed E-state index contributed by atoms with van der Waals surface area (Å²) >= 11 is 0. The van der Waals surface area contributed by atoms with Gasteiger partial charge in [0.1, 0.15) is 5.76 Å². The molecule has 0 fully saturated rings. The lowest BCUT2D eigenvalue weighted by atomic mass is 9.88. The van der Waals surface area contributed by atoms with E-state index in [0.717, 1.165) is 0 Å². The number of non-ortho nitro benzene ring substituents is 1. The van der Waals surface area contributed by atoms with Crippen LogP contribution in [0.4, 0.5) is 10.5 Å². The van der Waals surface area contributed by atoms with Crippen LogP contribution in [0.1, 0.15) is 31.7 Å². The molecule has 1 atom stereocenters. The molecule has 8 heteroatoms. The van der Waals surface area contributed by atoms with Gasteiger partial charge in [0, 0.05) is 12.1 Å². The molecule has 2 N–H and O–H groups in total. The Balaban J connectivity index is 2.52. The fourth-order valence-electron chi connectivity index (χ4n) is 2.32. The molecule has 1 heterocycles. The molecular formula is C14H15N3O5. The topological polar surface area (TPSA) is 114 Å². The van der Waals surface area contributed by atoms with Gasteiger partial charge in [-0.15, -0.1) is 0 Å². The lowest BCUT2D eigenvalue weighted by molar-refractivity contribution is -0.384. The first-order chi connectivity index (χ1) is 10.4. The zero-order valence-corrected chi connectivity index (χ0v) is 12.1. The number of nitro groups is 1. The van der Waals surface area contributed by atoms with Crippen molar-refractivity contribution in [3.8, 4) is 0 Å². The number of benzene rings is 1. The number of hydrogen-bond acceptors (Lipinski definition) is 6. The third-order valence-electron chi connectivity index (χ3n) is 3.31. The summed E-state index contributed by atoms with van der Waals surface area (Å²) in [5.74, 6) is -0.387. The first-order valence-corrected chi connectivity index (χ1v) is 6.62. The van der Waals surface area contributed by atoms with Crippen molar-refractivity contribution in [3.63, 3.8) is 0 Å². The Morgan fingerprint density at radius 2 is 2.27 bits per heavy atom. The van der Waals surface area contributed by atoms with Gasteiger partial charge in [-0.05, 0) is 18.9 Å². The summed E-state index contributed by atoms with van der Waals surface area (Å²) in [6.45, 7) is 3.50. The Labute approximate surface area is 126 Å². The molecule has 1 aromatic rings. The molecule has 0 aromatic heterocycles. The Kier molecular flexibility index (Phi) is 4.40. The van der Waals surface area contributed by atoms with Crippen molar-refractivity contribution >= 4 is 17.6 Å². The zero-order chi connectivity index (χ0) is 16.3. The van der Waals surface area contributed by atoms with Gasteiger partial charge in [0.25, 0.3) is 5.69 Å². The van der Waals surface area contributed by atoms with Crippen LogP contribution in [0.25, 0.3) is 0 Å². The number of nitrogens with zero attached hydrogens (tertiary/aromatic N) is 2. The van der Waals surface area contributed by atoms with Crippen LogP contribution in [0.15, 0.2) is 40.8 Å². The first kappa shape index (κ1) is 15.5. The molecule has 1 unspecified atom stereocenters. The highest BCUT2D eigenvalue weighted by molar-refractivity contribution is 5.94. The summed E-state index contributed by atoms with van der Waals surface area (Å²) < 4.78 is 4.89. The summed E-state index contributed by atoms with van der Waals surface area (Å²) in [6.07, 6.45) is -0.899. The molecule has 0 radical (unpaired) electrons. The lowest BCUT2D eigenvalue weighted by Crippen LogP contribution is -2.28. The Morgan fingerprint density at radius 1 is 1.55 bits per heavy atom. The van der Waals surface area contributed by atoms with Crippen LogP contribution >= 0.6 is 0 Å². The highest BCUT2D eigenvalue weighted by Gasteiger charge is 2.31. The third-order valence-corrected chi connectivity index (χ3v) is 3.31. The van der Waals surface area contributed by atoms with Gasteiger partial charge >= 0.3 is 6.16 Å². The fourth-order valence-corrected chi connectivity index (χ4v) is 2.32. The lowest BCUT2D eigenvalue weighted by Gasteiger charge is -2.26. The largest absolute Gasteiger partial charge is 0.511 e. The summed E-state index contributed by atoms with van der Waals surface area (Å²) in [5.41, 5.74) is 4.31. The van der Waals surface area contributed by atoms with Crippen molar-refractivity contribution in [2.45, 2.75) is 26.2 Å². The standard InChI is InChI=1S/C14H15N3O5/c1-3-11-12(9-5-4-6-10(7-9)17(20)21)13(22-14(18)19)8(2)15-16-11/h4-7,12,15H,3H2,1-2H3,(H,18,19). The van der Waals surface area contributed by atoms with Crippen LogP contribution in [0.5, 0.6) is 0 Å². The number of hydrogen-bond donors (Lipinski definition) is 2. The van der Waals surface area contributed by atoms with Crippen LogP contribution in [0.2, 0.25) is 0 Å². The highest BCUT2D eigenvalue weighted by Crippen LogP contribution is 2.33. The number of nitro benzene ring substituents is 1. The first-order valence-electron chi connectivity index (χ1n) is 6.62. The van der Waals surface area contributed by atoms with E-state index in [2.05, 4.69) is 10.5 Å². The summed E-state index contributed by atoms with van der Waals surface area (Å²) in [7, 11) is 0. The molecule has 0 bridgehead atoms. The van der Waals surface area contributed by atoms with Crippen molar-refractivity contribution in [3.05, 3.63) is 51.4 Å². The third kappa shape index (κ3) is 3.05. The average Bonchev–Trinajstić information content (AvgIpc) is 2.48. The second kappa shape index (κ2) is 6.25. The predicted molar refractivity (Wildman–Crippen MR) is 78.5 cm³/mol. The van der Waals surface area contributed by atoms with E-state index in [9.17, 15) is 14.9 Å². The summed E-state index contributed by atoms with van der Waals surface area (Å²) in [5, 5.41) is 24.0. The number of nitrogens with one attached hydrogen (secondary N) is 1. The second-order valence-corrected chi connectivity index (χ2v) is 4.71. The van der Waals surface area contributed by atoms with Crippen molar-refractivity contribution in [2.24, 2.45) is 5.10 Å². The second-order valence-electron chi connectivity index (χ2n) is 4.71. The van der Waals surface area contributed by atoms with Crippen LogP contribution in [-0.2, 0) is 4.74 Å². The van der Waals surface area contributed by atoms with E-state index in [-0.39, 0.29) is 11.4 Å². The quantitative estimate of drug-likeness (QED) is 0.502. The SMILES string of the molecule is CCC1=NNC(C)=C(OC(=O)O)C1c1cccc([N+](=O)[O-])c1. The van der Waals surface area contributed by atoms with E-state index in [0.29, 0.717) is 23.4 Å². The highest BCUT2D eigenvalue weighted by atomic mass is 16.7. The van der Waals surface area contributed by atoms with Crippen molar-refractivity contribution < 1.29 is 19.6 Å². The Morgan fingerprint density at radius 3 is 2.86 bits per heavy atom. The predicted octanol–water partition coefficient (Wildman–Crippen LogP) is 2.97. The number of allylic oxidation sites excluding steroid dienone is 2. The van der Waals surface area contributed by atoms with Gasteiger partial charge in [-0.2, -0.15) is 5.10 Å². The molecule has 0 spiro atoms. The molecule has 116 valence electrons. The minimum Gasteiger partial charge on any atom is -0.449 e. The molecule has 0 saturated heterocycles. The maximum atomic E-state index is 10.9. The minimum atomic E-state index is -1.44.